The summed E-state index contributed by atoms with van der Waals surface area (Å²) in [5.41, 5.74) is 34.3. The van der Waals surface area contributed by atoms with Crippen LogP contribution in [0.1, 0.15) is 247 Å². The maximum Gasteiger partial charge on any atom is 2.00 e. The second-order valence-corrected chi connectivity index (χ2v) is 39.4. The molecular weight excluding hydrogens is 1810 g/mol. The van der Waals surface area contributed by atoms with E-state index in [9.17, 15) is 37.6 Å². The molecule has 0 bridgehead atoms. The van der Waals surface area contributed by atoms with E-state index in [0.717, 1.165) is 83.8 Å². The summed E-state index contributed by atoms with van der Waals surface area (Å²) in [5, 5.41) is 80.9. The van der Waals surface area contributed by atoms with Crippen molar-refractivity contribution in [1.82, 2.24) is 39.8 Å². The first-order chi connectivity index (χ1) is 60.1. The van der Waals surface area contributed by atoms with Gasteiger partial charge in [-0.3, -0.25) is 23.7 Å². The van der Waals surface area contributed by atoms with Crippen molar-refractivity contribution in [3.8, 4) is 34.0 Å². The number of rotatable bonds is 21. The van der Waals surface area contributed by atoms with Crippen LogP contribution in [0.15, 0.2) is 175 Å². The maximum absolute atomic E-state index is 12.7. The summed E-state index contributed by atoms with van der Waals surface area (Å²) in [7, 11) is -9.95. The smallest absolute Gasteiger partial charge is 0.706 e. The molecule has 4 amide bonds. The minimum Gasteiger partial charge on any atom is -0.706 e. The van der Waals surface area contributed by atoms with Gasteiger partial charge in [-0.1, -0.05) is 129 Å². The number of nitrogens with two attached hydrogens (primary N) is 2. The average Bonchev–Trinajstić information content (AvgIpc) is 1.01. The molecule has 16 rings (SSSR count). The Balaban J connectivity index is 0.000000202. The SMILES string of the molecule is CC.CC(C)c1cc(C(C)C)c(-c2ccccc2[PH+](C2CCCCC2)C2CCCCC2)c(C(C)C)c1.CS(=O)(=O)O.NC(=O)c1cccnc1OC1CC2(CC(NC(=O)c3cnn4cc(B(O)O)ccc34)C2)C1.NC(=O)c1cccnc1OC1CC2(CC(NC(=O)c3cnn4cc(Br)ccc34)C2)C1.OB(O)B(O)O.OCCO.[NH-]c1ccccc1-c1[c-]cccc1.[Pd+2]. The summed E-state index contributed by atoms with van der Waals surface area (Å²) < 4.78 is 41.7. The maximum atomic E-state index is 12.7. The van der Waals surface area contributed by atoms with Crippen LogP contribution in [0, 0.1) is 16.9 Å². The molecule has 0 atom stereocenters. The van der Waals surface area contributed by atoms with E-state index in [0.29, 0.717) is 63.2 Å². The minimum atomic E-state index is -3.67. The molecule has 0 unspecified atom stereocenters. The van der Waals surface area contributed by atoms with E-state index >= 15 is 0 Å². The van der Waals surface area contributed by atoms with Crippen molar-refractivity contribution in [3.63, 3.8) is 0 Å². The predicted molar refractivity (Wildman–Crippen MR) is 500 cm³/mol. The van der Waals surface area contributed by atoms with Crippen LogP contribution in [-0.2, 0) is 30.5 Å². The van der Waals surface area contributed by atoms with Gasteiger partial charge in [-0.25, -0.2) is 19.0 Å². The zero-order valence-electron chi connectivity index (χ0n) is 73.5. The van der Waals surface area contributed by atoms with Crippen LogP contribution in [0.3, 0.4) is 0 Å². The van der Waals surface area contributed by atoms with Gasteiger partial charge in [0.25, 0.3) is 33.7 Å². The zero-order valence-corrected chi connectivity index (χ0v) is 78.4. The molecule has 2 spiro atoms. The number of aromatic nitrogens is 6. The summed E-state index contributed by atoms with van der Waals surface area (Å²) >= 11 is 3.40. The molecule has 10 aromatic rings. The monoisotopic (exact) mass is 1930 g/mol. The molecule has 6 aromatic heterocycles. The number of ether oxygens (including phenoxy) is 2. The van der Waals surface area contributed by atoms with E-state index in [1.54, 1.807) is 93.1 Å². The number of halogens is 1. The number of benzene rings is 4. The van der Waals surface area contributed by atoms with E-state index in [1.165, 1.54) is 86.7 Å². The number of aliphatic hydroxyl groups excluding tert-OH is 2. The van der Waals surface area contributed by atoms with E-state index < -0.39 is 51.0 Å². The fourth-order valence-electron chi connectivity index (χ4n) is 17.6. The molecule has 16 N–H and O–H groups in total. The van der Waals surface area contributed by atoms with E-state index in [-0.39, 0.29) is 92.0 Å². The fraction of sp³-hybridized carbons (Fsp3) is 0.435. The van der Waals surface area contributed by atoms with Crippen LogP contribution in [-0.4, -0.2) is 182 Å². The zero-order chi connectivity index (χ0) is 91.7. The van der Waals surface area contributed by atoms with Gasteiger partial charge in [-0.15, -0.1) is 41.5 Å². The first-order valence-electron chi connectivity index (χ1n) is 43.3. The fourth-order valence-corrected chi connectivity index (χ4v) is 22.3. The van der Waals surface area contributed by atoms with Crippen molar-refractivity contribution in [2.45, 2.75) is 224 Å². The van der Waals surface area contributed by atoms with Gasteiger partial charge in [0, 0.05) is 60.3 Å². The molecule has 682 valence electrons. The Morgan fingerprint density at radius 2 is 1.01 bits per heavy atom. The molecule has 0 radical (unpaired) electrons. The third kappa shape index (κ3) is 28.8. The Hall–Kier alpha value is -8.80. The summed E-state index contributed by atoms with van der Waals surface area (Å²) in [6.07, 6.45) is 32.0. The Morgan fingerprint density at radius 3 is 1.41 bits per heavy atom. The van der Waals surface area contributed by atoms with Gasteiger partial charge >= 0.3 is 41.6 Å². The molecule has 28 nitrogen and oxygen atoms in total. The van der Waals surface area contributed by atoms with Crippen molar-refractivity contribution in [2.75, 3.05) is 19.5 Å². The first kappa shape index (κ1) is 104. The number of amides is 4. The number of primary amides is 2. The van der Waals surface area contributed by atoms with Crippen LogP contribution >= 0.6 is 23.9 Å². The Kier molecular flexibility index (Phi) is 39.7. The number of aliphatic hydroxyl groups is 2. The summed E-state index contributed by atoms with van der Waals surface area (Å²) in [6.45, 7) is 18.1. The van der Waals surface area contributed by atoms with Gasteiger partial charge in [-0.05, 0) is 218 Å². The van der Waals surface area contributed by atoms with Crippen LogP contribution in [0.5, 0.6) is 11.8 Å². The molecule has 127 heavy (non-hydrogen) atoms. The number of pyridine rings is 4. The van der Waals surface area contributed by atoms with Gasteiger partial charge in [-0.2, -0.15) is 24.3 Å². The number of hydrogen-bond donors (Lipinski definition) is 13. The standard InChI is InChI=1S/C33H49P.C21H22BN5O5.C21H20BrN5O3.C12H9N.C2H6O2.C2H6.CH4O3S.B2H4O4.Pd/c1-23(2)26-21-30(24(3)4)33(31(22-26)25(5)6)29-19-13-14-20-32(29)34(27-15-9-7-10-16-27)28-17-11-8-12-18-28;23-18(28)15-2-1-5-24-20(15)32-14-8-21(9-14)6-13(7-21)26-19(29)16-10-25-27-11-12(22(30)31)3-4-17(16)27;22-12-3-4-17-16(10-25-27(17)11-12)19(29)26-13-6-21(7-13)8-14(9-21)30-20-15(18(23)28)2-1-5-24-20;13-12-9-5-4-8-11(12)10-6-2-1-3-7-10;3-1-2-4;1-2;1-5(2,3)4;3-1(4)2(5)6;/h13-14,19-25,27-28H,7-12,15-18H2,1-6H3;1-5,10-11,13-14,30-31H,6-9H2,(H2,23,28)(H,26,29);1-5,10-11,13-14H,6-9H2,(H2,23,28)(H,26,29);1-6,8-9,13H;3-4H,1-2H2;1-2H3;1H3,(H,2,3,4);3-6H;/q;;;-2;;;;;+2/p+1. The molecule has 0 aliphatic heterocycles. The first-order valence-corrected chi connectivity index (χ1v) is 47.6. The molecule has 6 aliphatic carbocycles. The Labute approximate surface area is 769 Å². The number of hydrogen-bond acceptors (Lipinski definition) is 20. The summed E-state index contributed by atoms with van der Waals surface area (Å²) in [4.78, 5) is 56.7. The van der Waals surface area contributed by atoms with Gasteiger partial charge in [0.05, 0.1) is 70.6 Å². The number of carbonyl (C=O) groups excluding carboxylic acids is 4. The molecule has 6 heterocycles. The summed E-state index contributed by atoms with van der Waals surface area (Å²) in [6, 6.07) is 47.0. The molecule has 4 aromatic carbocycles. The Bertz CT molecular complexity index is 5270. The summed E-state index contributed by atoms with van der Waals surface area (Å²) in [5.74, 6) is 0.816. The van der Waals surface area contributed by atoms with E-state index in [1.807, 2.05) is 74.6 Å². The van der Waals surface area contributed by atoms with Crippen LogP contribution < -0.4 is 42.3 Å². The van der Waals surface area contributed by atoms with Crippen molar-refractivity contribution in [1.29, 1.82) is 0 Å². The van der Waals surface area contributed by atoms with Crippen LogP contribution in [0.2, 0.25) is 0 Å². The van der Waals surface area contributed by atoms with E-state index in [4.69, 9.17) is 61.5 Å². The molecule has 35 heteroatoms. The average molecular weight is 1930 g/mol. The second kappa shape index (κ2) is 48.7. The number of nitrogens with zero attached hydrogens (tertiary/aromatic N) is 6. The van der Waals surface area contributed by atoms with E-state index in [2.05, 4.69) is 131 Å². The Morgan fingerprint density at radius 1 is 0.583 bits per heavy atom. The van der Waals surface area contributed by atoms with Crippen molar-refractivity contribution >= 4 is 106 Å². The van der Waals surface area contributed by atoms with Crippen molar-refractivity contribution in [3.05, 3.63) is 226 Å². The number of carbonyl (C=O) groups is 4. The number of fused-ring (bicyclic) bond motifs is 2. The molecule has 6 saturated carbocycles. The van der Waals surface area contributed by atoms with Gasteiger partial charge in [0.15, 0.2) is 0 Å². The van der Waals surface area contributed by atoms with Crippen LogP contribution in [0.4, 0.5) is 5.69 Å². The molecule has 0 saturated heterocycles. The van der Waals surface area contributed by atoms with Gasteiger partial charge in [0.1, 0.15) is 23.3 Å². The number of nitrogens with one attached hydrogen (secondary N) is 3. The van der Waals surface area contributed by atoms with Crippen LogP contribution in [0.25, 0.3) is 39.0 Å². The van der Waals surface area contributed by atoms with Crippen molar-refractivity contribution < 1.29 is 102 Å². The largest absolute Gasteiger partial charge is 2.00 e. The van der Waals surface area contributed by atoms with Gasteiger partial charge in [0.2, 0.25) is 11.8 Å². The normalized spacial score (nSPS) is 19.0. The van der Waals surface area contributed by atoms with Gasteiger partial charge < -0.3 is 77.7 Å². The molecule has 6 aliphatic rings. The predicted octanol–water partition coefficient (Wildman–Crippen LogP) is 12.9. The molecular formula is C92H121B3BrN11O17PPdS+. The quantitative estimate of drug-likeness (QED) is 0.0137. The third-order valence-electron chi connectivity index (χ3n) is 23.5. The third-order valence-corrected chi connectivity index (χ3v) is 27.9. The molecule has 6 fully saturated rings. The minimum absolute atomic E-state index is 0. The second-order valence-electron chi connectivity index (χ2n) is 33.9. The van der Waals surface area contributed by atoms with Crippen molar-refractivity contribution in [2.24, 2.45) is 22.3 Å². The topological polar surface area (TPSA) is 463 Å².